The normalized spacial score (nSPS) is 9.64. The Morgan fingerprint density at radius 2 is 1.91 bits per heavy atom. The molecule has 0 bridgehead atoms. The molecule has 58 valence electrons. The summed E-state index contributed by atoms with van der Waals surface area (Å²) in [5.74, 6) is 0.503. The Balaban J connectivity index is 2.90. The Bertz CT molecular complexity index is 246. The van der Waals surface area contributed by atoms with Gasteiger partial charge in [0.25, 0.3) is 0 Å². The summed E-state index contributed by atoms with van der Waals surface area (Å²) in [5, 5.41) is 0. The minimum atomic E-state index is 0.503. The molecule has 0 aliphatic rings. The lowest BCUT2D eigenvalue weighted by Gasteiger charge is -2.00. The third kappa shape index (κ3) is 2.09. The van der Waals surface area contributed by atoms with E-state index in [1.54, 1.807) is 0 Å². The fourth-order valence-electron chi connectivity index (χ4n) is 0.866. The van der Waals surface area contributed by atoms with E-state index in [0.717, 1.165) is 11.1 Å². The van der Waals surface area contributed by atoms with Crippen molar-refractivity contribution < 1.29 is 0 Å². The lowest BCUT2D eigenvalue weighted by molar-refractivity contribution is 1.45. The Kier molecular flexibility index (Phi) is 2.72. The summed E-state index contributed by atoms with van der Waals surface area (Å²) in [4.78, 5) is 0. The average molecular weight is 167 g/mol. The zero-order chi connectivity index (χ0) is 8.27. The summed E-state index contributed by atoms with van der Waals surface area (Å²) in [7, 11) is 0. The van der Waals surface area contributed by atoms with Gasteiger partial charge in [0.15, 0.2) is 0 Å². The minimum absolute atomic E-state index is 0.503. The van der Waals surface area contributed by atoms with Crippen molar-refractivity contribution >= 4 is 17.2 Å². The van der Waals surface area contributed by atoms with Gasteiger partial charge < -0.3 is 0 Å². The van der Waals surface area contributed by atoms with Crippen LogP contribution in [0, 0.1) is 6.92 Å². The first-order valence-electron chi connectivity index (χ1n) is 3.55. The number of hydrogen-bond donors (Lipinski definition) is 0. The molecule has 11 heavy (non-hydrogen) atoms. The Labute approximate surface area is 72.5 Å². The first kappa shape index (κ1) is 8.35. The first-order chi connectivity index (χ1) is 5.24. The molecule has 0 aromatic heterocycles. The molecule has 1 aromatic rings. The summed E-state index contributed by atoms with van der Waals surface area (Å²) in [6.45, 7) is 5.90. The van der Waals surface area contributed by atoms with Gasteiger partial charge in [-0.15, -0.1) is 11.6 Å². The predicted octanol–water partition coefficient (Wildman–Crippen LogP) is 3.25. The average Bonchev–Trinajstić information content (AvgIpc) is 2.05. The fraction of sp³-hybridized carbons (Fsp3) is 0.200. The highest BCUT2D eigenvalue weighted by atomic mass is 35.5. The second-order valence-corrected chi connectivity index (χ2v) is 2.87. The van der Waals surface area contributed by atoms with Crippen LogP contribution in [-0.2, 0) is 0 Å². The van der Waals surface area contributed by atoms with Crippen molar-refractivity contribution in [2.45, 2.75) is 6.92 Å². The maximum absolute atomic E-state index is 5.63. The molecule has 0 aliphatic heterocycles. The topological polar surface area (TPSA) is 0 Å². The number of hydrogen-bond acceptors (Lipinski definition) is 0. The molecule has 0 saturated carbocycles. The van der Waals surface area contributed by atoms with E-state index in [2.05, 4.69) is 25.6 Å². The number of aryl methyl sites for hydroxylation is 1. The molecular formula is C10H11Cl. The summed E-state index contributed by atoms with van der Waals surface area (Å²) < 4.78 is 0. The van der Waals surface area contributed by atoms with Crippen molar-refractivity contribution in [1.29, 1.82) is 0 Å². The van der Waals surface area contributed by atoms with E-state index in [1.165, 1.54) is 5.56 Å². The summed E-state index contributed by atoms with van der Waals surface area (Å²) >= 11 is 5.63. The van der Waals surface area contributed by atoms with Gasteiger partial charge in [-0.2, -0.15) is 0 Å². The summed E-state index contributed by atoms with van der Waals surface area (Å²) in [5.41, 5.74) is 3.37. The van der Waals surface area contributed by atoms with Crippen molar-refractivity contribution in [3.8, 4) is 0 Å². The highest BCUT2D eigenvalue weighted by molar-refractivity contribution is 6.23. The van der Waals surface area contributed by atoms with Gasteiger partial charge in [-0.25, -0.2) is 0 Å². The van der Waals surface area contributed by atoms with Gasteiger partial charge in [0, 0.05) is 5.88 Å². The quantitative estimate of drug-likeness (QED) is 0.592. The van der Waals surface area contributed by atoms with Crippen molar-refractivity contribution in [3.05, 3.63) is 42.0 Å². The number of allylic oxidation sites excluding steroid dienone is 1. The van der Waals surface area contributed by atoms with Crippen LogP contribution in [0.5, 0.6) is 0 Å². The van der Waals surface area contributed by atoms with Crippen LogP contribution in [0.25, 0.3) is 5.57 Å². The smallest absolute Gasteiger partial charge is 0.0474 e. The third-order valence-electron chi connectivity index (χ3n) is 1.62. The monoisotopic (exact) mass is 166 g/mol. The summed E-state index contributed by atoms with van der Waals surface area (Å²) in [6, 6.07) is 8.21. The zero-order valence-corrected chi connectivity index (χ0v) is 7.36. The van der Waals surface area contributed by atoms with Gasteiger partial charge in [0.1, 0.15) is 0 Å². The van der Waals surface area contributed by atoms with Gasteiger partial charge in [-0.3, -0.25) is 0 Å². The molecule has 0 heterocycles. The highest BCUT2D eigenvalue weighted by Crippen LogP contribution is 2.13. The van der Waals surface area contributed by atoms with E-state index < -0.39 is 0 Å². The van der Waals surface area contributed by atoms with Crippen LogP contribution < -0.4 is 0 Å². The molecule has 0 fully saturated rings. The first-order valence-corrected chi connectivity index (χ1v) is 4.08. The SMILES string of the molecule is C=C(CCl)c1ccc(C)cc1. The van der Waals surface area contributed by atoms with E-state index in [9.17, 15) is 0 Å². The maximum atomic E-state index is 5.63. The van der Waals surface area contributed by atoms with E-state index >= 15 is 0 Å². The highest BCUT2D eigenvalue weighted by Gasteiger charge is 1.94. The molecule has 0 nitrogen and oxygen atoms in total. The maximum Gasteiger partial charge on any atom is 0.0474 e. The third-order valence-corrected chi connectivity index (χ3v) is 1.94. The van der Waals surface area contributed by atoms with Crippen molar-refractivity contribution in [1.82, 2.24) is 0 Å². The van der Waals surface area contributed by atoms with Crippen molar-refractivity contribution in [2.75, 3.05) is 5.88 Å². The van der Waals surface area contributed by atoms with Crippen LogP contribution in [0.15, 0.2) is 30.8 Å². The van der Waals surface area contributed by atoms with E-state index in [4.69, 9.17) is 11.6 Å². The van der Waals surface area contributed by atoms with E-state index in [-0.39, 0.29) is 0 Å². The molecule has 0 radical (unpaired) electrons. The van der Waals surface area contributed by atoms with Crippen LogP contribution >= 0.6 is 11.6 Å². The number of benzene rings is 1. The summed E-state index contributed by atoms with van der Waals surface area (Å²) in [6.07, 6.45) is 0. The van der Waals surface area contributed by atoms with E-state index in [0.29, 0.717) is 5.88 Å². The lowest BCUT2D eigenvalue weighted by atomic mass is 10.1. The second kappa shape index (κ2) is 3.59. The zero-order valence-electron chi connectivity index (χ0n) is 6.60. The predicted molar refractivity (Wildman–Crippen MR) is 50.9 cm³/mol. The molecule has 1 heteroatoms. The molecule has 0 aliphatic carbocycles. The molecule has 0 amide bonds. The van der Waals surface area contributed by atoms with E-state index in [1.807, 2.05) is 12.1 Å². The fourth-order valence-corrected chi connectivity index (χ4v) is 1.02. The number of rotatable bonds is 2. The number of halogens is 1. The second-order valence-electron chi connectivity index (χ2n) is 2.60. The molecular weight excluding hydrogens is 156 g/mol. The molecule has 1 aromatic carbocycles. The molecule has 0 N–H and O–H groups in total. The van der Waals surface area contributed by atoms with Crippen LogP contribution in [0.3, 0.4) is 0 Å². The van der Waals surface area contributed by atoms with Crippen molar-refractivity contribution in [2.24, 2.45) is 0 Å². The van der Waals surface area contributed by atoms with Gasteiger partial charge in [0.05, 0.1) is 0 Å². The molecule has 0 saturated heterocycles. The minimum Gasteiger partial charge on any atom is -0.122 e. The molecule has 1 rings (SSSR count). The Hall–Kier alpha value is -0.750. The van der Waals surface area contributed by atoms with Crippen molar-refractivity contribution in [3.63, 3.8) is 0 Å². The molecule has 0 spiro atoms. The van der Waals surface area contributed by atoms with Gasteiger partial charge in [-0.05, 0) is 18.1 Å². The van der Waals surface area contributed by atoms with Crippen LogP contribution in [0.4, 0.5) is 0 Å². The molecule has 0 atom stereocenters. The van der Waals surface area contributed by atoms with Gasteiger partial charge in [-0.1, -0.05) is 36.4 Å². The van der Waals surface area contributed by atoms with Crippen LogP contribution in [0.2, 0.25) is 0 Å². The van der Waals surface area contributed by atoms with Gasteiger partial charge in [0.2, 0.25) is 0 Å². The Morgan fingerprint density at radius 3 is 2.36 bits per heavy atom. The van der Waals surface area contributed by atoms with Crippen LogP contribution in [0.1, 0.15) is 11.1 Å². The molecule has 0 unspecified atom stereocenters. The largest absolute Gasteiger partial charge is 0.122 e. The standard InChI is InChI=1S/C10H11Cl/c1-8-3-5-10(6-4-8)9(2)7-11/h3-6H,2,7H2,1H3. The van der Waals surface area contributed by atoms with Gasteiger partial charge >= 0.3 is 0 Å². The Morgan fingerprint density at radius 1 is 1.36 bits per heavy atom. The lowest BCUT2D eigenvalue weighted by Crippen LogP contribution is -1.83. The van der Waals surface area contributed by atoms with Crippen LogP contribution in [-0.4, -0.2) is 5.88 Å². The number of alkyl halides is 1.